The van der Waals surface area contributed by atoms with E-state index in [4.69, 9.17) is 9.47 Å². The maximum absolute atomic E-state index is 12.8. The first kappa shape index (κ1) is 18.4. The third-order valence-electron chi connectivity index (χ3n) is 4.60. The van der Waals surface area contributed by atoms with Crippen LogP contribution >= 0.6 is 11.8 Å². The fourth-order valence-corrected chi connectivity index (χ4v) is 3.84. The Hall–Kier alpha value is -2.99. The van der Waals surface area contributed by atoms with Crippen LogP contribution < -0.4 is 14.8 Å². The van der Waals surface area contributed by atoms with Crippen LogP contribution in [-0.2, 0) is 6.54 Å². The summed E-state index contributed by atoms with van der Waals surface area (Å²) in [6, 6.07) is 15.5. The lowest BCUT2D eigenvalue weighted by Crippen LogP contribution is -2.23. The molecule has 28 heavy (non-hydrogen) atoms. The van der Waals surface area contributed by atoms with Gasteiger partial charge in [0.2, 0.25) is 6.79 Å². The number of fused-ring (bicyclic) bond motifs is 1. The van der Waals surface area contributed by atoms with E-state index in [1.807, 2.05) is 18.2 Å². The van der Waals surface area contributed by atoms with Crippen molar-refractivity contribution in [3.8, 4) is 11.5 Å². The van der Waals surface area contributed by atoms with E-state index in [2.05, 4.69) is 42.3 Å². The summed E-state index contributed by atoms with van der Waals surface area (Å²) < 4.78 is 10.7. The van der Waals surface area contributed by atoms with Crippen LogP contribution in [0.4, 0.5) is 0 Å². The molecule has 0 atom stereocenters. The minimum atomic E-state index is -0.155. The third-order valence-corrected chi connectivity index (χ3v) is 5.61. The molecule has 0 aliphatic carbocycles. The Bertz CT molecular complexity index is 1040. The van der Waals surface area contributed by atoms with Crippen molar-refractivity contribution in [1.29, 1.82) is 0 Å². The molecular weight excluding hydrogens is 372 g/mol. The van der Waals surface area contributed by atoms with Crippen molar-refractivity contribution in [2.45, 2.75) is 30.3 Å². The zero-order valence-corrected chi connectivity index (χ0v) is 16.5. The van der Waals surface area contributed by atoms with Crippen LogP contribution in [0.15, 0.2) is 64.6 Å². The number of rotatable bonds is 5. The Balaban J connectivity index is 1.47. The van der Waals surface area contributed by atoms with Gasteiger partial charge in [0.15, 0.2) is 11.5 Å². The largest absolute Gasteiger partial charge is 0.454 e. The fraction of sp³-hybridized carbons (Fsp3) is 0.182. The number of benzene rings is 2. The highest BCUT2D eigenvalue weighted by atomic mass is 32.2. The maximum Gasteiger partial charge on any atom is 0.254 e. The zero-order valence-electron chi connectivity index (χ0n) is 15.7. The molecule has 142 valence electrons. The van der Waals surface area contributed by atoms with E-state index >= 15 is 0 Å². The number of nitrogens with zero attached hydrogens (tertiary/aromatic N) is 1. The molecule has 0 bridgehead atoms. The first-order valence-corrected chi connectivity index (χ1v) is 9.78. The molecule has 1 aliphatic rings. The molecule has 3 aromatic rings. The molecule has 0 spiro atoms. The average Bonchev–Trinajstić information content (AvgIpc) is 3.17. The summed E-state index contributed by atoms with van der Waals surface area (Å²) in [6.07, 6.45) is 1.71. The molecule has 0 saturated carbocycles. The average molecular weight is 392 g/mol. The molecule has 0 unspecified atom stereocenters. The van der Waals surface area contributed by atoms with Gasteiger partial charge in [-0.2, -0.15) is 0 Å². The van der Waals surface area contributed by atoms with Gasteiger partial charge in [-0.25, -0.2) is 4.98 Å². The van der Waals surface area contributed by atoms with Crippen LogP contribution in [-0.4, -0.2) is 17.7 Å². The van der Waals surface area contributed by atoms with Crippen molar-refractivity contribution in [3.05, 3.63) is 77.0 Å². The van der Waals surface area contributed by atoms with Crippen molar-refractivity contribution in [2.24, 2.45) is 0 Å². The number of hydrogen-bond acceptors (Lipinski definition) is 5. The predicted octanol–water partition coefficient (Wildman–Crippen LogP) is 4.51. The van der Waals surface area contributed by atoms with E-state index in [0.29, 0.717) is 22.9 Å². The van der Waals surface area contributed by atoms with Gasteiger partial charge in [0.05, 0.1) is 5.56 Å². The minimum Gasteiger partial charge on any atom is -0.454 e. The summed E-state index contributed by atoms with van der Waals surface area (Å²) in [7, 11) is 0. The number of carbonyl (C=O) groups is 1. The molecule has 1 aromatic heterocycles. The van der Waals surface area contributed by atoms with E-state index in [9.17, 15) is 4.79 Å². The molecule has 4 rings (SSSR count). The minimum absolute atomic E-state index is 0.155. The van der Waals surface area contributed by atoms with Gasteiger partial charge in [-0.3, -0.25) is 4.79 Å². The van der Waals surface area contributed by atoms with Crippen molar-refractivity contribution in [2.75, 3.05) is 6.79 Å². The number of aryl methyl sites for hydroxylation is 2. The monoisotopic (exact) mass is 392 g/mol. The summed E-state index contributed by atoms with van der Waals surface area (Å²) in [5, 5.41) is 3.65. The van der Waals surface area contributed by atoms with Crippen LogP contribution in [0.5, 0.6) is 11.5 Å². The molecule has 1 amide bonds. The lowest BCUT2D eigenvalue weighted by Gasteiger charge is -2.10. The van der Waals surface area contributed by atoms with Crippen LogP contribution in [0, 0.1) is 13.8 Å². The first-order chi connectivity index (χ1) is 13.6. The van der Waals surface area contributed by atoms with Gasteiger partial charge >= 0.3 is 0 Å². The van der Waals surface area contributed by atoms with Gasteiger partial charge < -0.3 is 14.8 Å². The third kappa shape index (κ3) is 3.97. The number of hydrogen-bond donors (Lipinski definition) is 1. The van der Waals surface area contributed by atoms with Gasteiger partial charge in [-0.1, -0.05) is 23.9 Å². The lowest BCUT2D eigenvalue weighted by molar-refractivity contribution is 0.0947. The lowest BCUT2D eigenvalue weighted by atomic mass is 10.1. The summed E-state index contributed by atoms with van der Waals surface area (Å²) in [5.74, 6) is 1.28. The second kappa shape index (κ2) is 7.94. The molecule has 1 aliphatic heterocycles. The van der Waals surface area contributed by atoms with E-state index in [-0.39, 0.29) is 12.7 Å². The Morgan fingerprint density at radius 3 is 2.79 bits per heavy atom. The number of aromatic nitrogens is 1. The van der Waals surface area contributed by atoms with Crippen LogP contribution in [0.3, 0.4) is 0 Å². The highest BCUT2D eigenvalue weighted by Gasteiger charge is 2.16. The number of pyridine rings is 1. The summed E-state index contributed by atoms with van der Waals surface area (Å²) in [5.41, 5.74) is 3.97. The van der Waals surface area contributed by atoms with Crippen molar-refractivity contribution >= 4 is 17.7 Å². The fourth-order valence-electron chi connectivity index (χ4n) is 2.86. The smallest absolute Gasteiger partial charge is 0.254 e. The second-order valence-corrected chi connectivity index (χ2v) is 7.64. The van der Waals surface area contributed by atoms with E-state index in [1.165, 1.54) is 22.9 Å². The summed E-state index contributed by atoms with van der Waals surface area (Å²) >= 11 is 1.49. The first-order valence-electron chi connectivity index (χ1n) is 8.97. The topological polar surface area (TPSA) is 60.5 Å². The second-order valence-electron chi connectivity index (χ2n) is 6.57. The quantitative estimate of drug-likeness (QED) is 0.692. The highest BCUT2D eigenvalue weighted by molar-refractivity contribution is 7.99. The van der Waals surface area contributed by atoms with E-state index < -0.39 is 0 Å². The Labute approximate surface area is 168 Å². The van der Waals surface area contributed by atoms with Crippen molar-refractivity contribution < 1.29 is 14.3 Å². The van der Waals surface area contributed by atoms with Gasteiger partial charge in [0, 0.05) is 17.6 Å². The molecule has 2 aromatic carbocycles. The SMILES string of the molecule is Cc1ccc(Sc2ncccc2C(=O)NCc2ccc3c(c2)OCO3)cc1C. The number of ether oxygens (including phenoxy) is 2. The number of nitrogens with one attached hydrogen (secondary N) is 1. The van der Waals surface area contributed by atoms with Crippen molar-refractivity contribution in [1.82, 2.24) is 10.3 Å². The van der Waals surface area contributed by atoms with Crippen LogP contribution in [0.25, 0.3) is 0 Å². The van der Waals surface area contributed by atoms with E-state index in [1.54, 1.807) is 18.3 Å². The maximum atomic E-state index is 12.8. The predicted molar refractivity (Wildman–Crippen MR) is 108 cm³/mol. The Morgan fingerprint density at radius 2 is 1.93 bits per heavy atom. The molecule has 2 heterocycles. The van der Waals surface area contributed by atoms with Gasteiger partial charge in [0.1, 0.15) is 5.03 Å². The molecular formula is C22H20N2O3S. The molecule has 0 fully saturated rings. The standard InChI is InChI=1S/C22H20N2O3S/c1-14-5-7-17(10-15(14)2)28-22-18(4-3-9-23-22)21(25)24-12-16-6-8-19-20(11-16)27-13-26-19/h3-11H,12-13H2,1-2H3,(H,24,25). The summed E-state index contributed by atoms with van der Waals surface area (Å²) in [6.45, 7) is 4.80. The number of amides is 1. The number of carbonyl (C=O) groups excluding carboxylic acids is 1. The van der Waals surface area contributed by atoms with Gasteiger partial charge in [-0.05, 0) is 66.9 Å². The Kier molecular flexibility index (Phi) is 5.21. The normalized spacial score (nSPS) is 12.1. The summed E-state index contributed by atoms with van der Waals surface area (Å²) in [4.78, 5) is 18.2. The van der Waals surface area contributed by atoms with Crippen LogP contribution in [0.1, 0.15) is 27.0 Å². The molecule has 1 N–H and O–H groups in total. The van der Waals surface area contributed by atoms with Gasteiger partial charge in [0.25, 0.3) is 5.91 Å². The molecule has 0 radical (unpaired) electrons. The van der Waals surface area contributed by atoms with Crippen molar-refractivity contribution in [3.63, 3.8) is 0 Å². The van der Waals surface area contributed by atoms with Gasteiger partial charge in [-0.15, -0.1) is 0 Å². The Morgan fingerprint density at radius 1 is 1.07 bits per heavy atom. The molecule has 0 saturated heterocycles. The van der Waals surface area contributed by atoms with Crippen LogP contribution in [0.2, 0.25) is 0 Å². The molecule has 6 heteroatoms. The zero-order chi connectivity index (χ0) is 19.5. The van der Waals surface area contributed by atoms with E-state index in [0.717, 1.165) is 16.2 Å². The highest BCUT2D eigenvalue weighted by Crippen LogP contribution is 2.33. The molecule has 5 nitrogen and oxygen atoms in total.